The molecular formula is C22H28N4. The molecule has 0 aliphatic carbocycles. The molecule has 0 amide bonds. The summed E-state index contributed by atoms with van der Waals surface area (Å²) in [6, 6.07) is 13.4. The molecule has 4 rings (SSSR count). The standard InChI is InChI=1S/C22H28N4/c1-2-15-26-21-10-6-5-8-19(21)24-22(26)17-25-16-7-3-4-9-20(25)18-11-13-23-14-12-18/h5-6,8,10-14,20H,2-4,7,9,15-17H2,1H3/t20-/m0/s1. The van der Waals surface area contributed by atoms with Crippen LogP contribution in [0.1, 0.15) is 56.5 Å². The predicted octanol–water partition coefficient (Wildman–Crippen LogP) is 4.96. The number of likely N-dealkylation sites (tertiary alicyclic amines) is 1. The zero-order valence-electron chi connectivity index (χ0n) is 15.6. The molecule has 0 unspecified atom stereocenters. The molecule has 4 nitrogen and oxygen atoms in total. The van der Waals surface area contributed by atoms with Crippen molar-refractivity contribution in [2.75, 3.05) is 6.54 Å². The number of para-hydroxylation sites is 2. The van der Waals surface area contributed by atoms with Crippen LogP contribution in [0.5, 0.6) is 0 Å². The summed E-state index contributed by atoms with van der Waals surface area (Å²) < 4.78 is 2.42. The summed E-state index contributed by atoms with van der Waals surface area (Å²) in [5, 5.41) is 0. The summed E-state index contributed by atoms with van der Waals surface area (Å²) in [4.78, 5) is 11.8. The third-order valence-electron chi connectivity index (χ3n) is 5.48. The van der Waals surface area contributed by atoms with Crippen molar-refractivity contribution in [3.63, 3.8) is 0 Å². The zero-order valence-corrected chi connectivity index (χ0v) is 15.6. The van der Waals surface area contributed by atoms with Gasteiger partial charge in [0.2, 0.25) is 0 Å². The second-order valence-electron chi connectivity index (χ2n) is 7.28. The number of aromatic nitrogens is 3. The van der Waals surface area contributed by atoms with E-state index in [0.717, 1.165) is 31.6 Å². The van der Waals surface area contributed by atoms with Gasteiger partial charge in [-0.2, -0.15) is 0 Å². The van der Waals surface area contributed by atoms with Crippen molar-refractivity contribution in [1.29, 1.82) is 0 Å². The van der Waals surface area contributed by atoms with Gasteiger partial charge in [-0.3, -0.25) is 9.88 Å². The van der Waals surface area contributed by atoms with Crippen molar-refractivity contribution in [2.45, 2.75) is 58.2 Å². The van der Waals surface area contributed by atoms with Gasteiger partial charge in [0.15, 0.2) is 0 Å². The number of rotatable bonds is 5. The number of hydrogen-bond acceptors (Lipinski definition) is 3. The van der Waals surface area contributed by atoms with Crippen LogP contribution in [-0.2, 0) is 13.1 Å². The molecule has 0 N–H and O–H groups in total. The molecular weight excluding hydrogens is 320 g/mol. The molecule has 0 radical (unpaired) electrons. The molecule has 1 saturated heterocycles. The number of fused-ring (bicyclic) bond motifs is 1. The molecule has 1 fully saturated rings. The van der Waals surface area contributed by atoms with E-state index in [0.29, 0.717) is 6.04 Å². The van der Waals surface area contributed by atoms with Crippen LogP contribution in [0.3, 0.4) is 0 Å². The van der Waals surface area contributed by atoms with Crippen LogP contribution in [0, 0.1) is 0 Å². The molecule has 1 atom stereocenters. The first-order valence-electron chi connectivity index (χ1n) is 9.95. The monoisotopic (exact) mass is 348 g/mol. The molecule has 2 aromatic heterocycles. The van der Waals surface area contributed by atoms with Crippen LogP contribution >= 0.6 is 0 Å². The Morgan fingerprint density at radius 1 is 1.04 bits per heavy atom. The maximum atomic E-state index is 4.99. The summed E-state index contributed by atoms with van der Waals surface area (Å²) in [6.45, 7) is 5.33. The minimum absolute atomic E-state index is 0.468. The van der Waals surface area contributed by atoms with Crippen LogP contribution in [0.25, 0.3) is 11.0 Å². The van der Waals surface area contributed by atoms with Crippen LogP contribution in [0.4, 0.5) is 0 Å². The minimum Gasteiger partial charge on any atom is -0.327 e. The molecule has 3 aromatic rings. The molecule has 1 aromatic carbocycles. The minimum atomic E-state index is 0.468. The lowest BCUT2D eigenvalue weighted by Gasteiger charge is -2.30. The number of pyridine rings is 1. The van der Waals surface area contributed by atoms with E-state index in [-0.39, 0.29) is 0 Å². The van der Waals surface area contributed by atoms with Gasteiger partial charge in [-0.15, -0.1) is 0 Å². The number of imidazole rings is 1. The number of hydrogen-bond donors (Lipinski definition) is 0. The number of nitrogens with zero attached hydrogens (tertiary/aromatic N) is 4. The van der Waals surface area contributed by atoms with Gasteiger partial charge in [0.1, 0.15) is 5.82 Å². The quantitative estimate of drug-likeness (QED) is 0.653. The highest BCUT2D eigenvalue weighted by atomic mass is 15.2. The van der Waals surface area contributed by atoms with E-state index in [1.807, 2.05) is 12.4 Å². The summed E-state index contributed by atoms with van der Waals surface area (Å²) in [5.41, 5.74) is 3.77. The van der Waals surface area contributed by atoms with Gasteiger partial charge < -0.3 is 4.57 Å². The van der Waals surface area contributed by atoms with E-state index >= 15 is 0 Å². The average molecular weight is 348 g/mol. The predicted molar refractivity (Wildman–Crippen MR) is 106 cm³/mol. The fourth-order valence-electron chi connectivity index (χ4n) is 4.22. The van der Waals surface area contributed by atoms with Gasteiger partial charge in [-0.1, -0.05) is 31.9 Å². The molecule has 1 aliphatic rings. The normalized spacial score (nSPS) is 18.9. The van der Waals surface area contributed by atoms with Gasteiger partial charge in [0, 0.05) is 25.0 Å². The lowest BCUT2D eigenvalue weighted by atomic mass is 10.0. The first-order valence-corrected chi connectivity index (χ1v) is 9.95. The largest absolute Gasteiger partial charge is 0.327 e. The summed E-state index contributed by atoms with van der Waals surface area (Å²) in [5.74, 6) is 1.20. The fraction of sp³-hybridized carbons (Fsp3) is 0.455. The van der Waals surface area contributed by atoms with Crippen molar-refractivity contribution < 1.29 is 0 Å². The van der Waals surface area contributed by atoms with E-state index in [4.69, 9.17) is 4.98 Å². The van der Waals surface area contributed by atoms with Crippen molar-refractivity contribution in [2.24, 2.45) is 0 Å². The van der Waals surface area contributed by atoms with Crippen LogP contribution in [0.15, 0.2) is 48.8 Å². The van der Waals surface area contributed by atoms with Crippen molar-refractivity contribution in [3.8, 4) is 0 Å². The highest BCUT2D eigenvalue weighted by Crippen LogP contribution is 2.31. The smallest absolute Gasteiger partial charge is 0.124 e. The molecule has 0 bridgehead atoms. The number of aryl methyl sites for hydroxylation is 1. The van der Waals surface area contributed by atoms with Crippen molar-refractivity contribution in [3.05, 3.63) is 60.2 Å². The Labute approximate surface area is 155 Å². The van der Waals surface area contributed by atoms with E-state index in [1.165, 1.54) is 42.6 Å². The Hall–Kier alpha value is -2.20. The third-order valence-corrected chi connectivity index (χ3v) is 5.48. The third kappa shape index (κ3) is 3.51. The van der Waals surface area contributed by atoms with Gasteiger partial charge in [-0.05, 0) is 55.6 Å². The highest BCUT2D eigenvalue weighted by molar-refractivity contribution is 5.75. The number of benzene rings is 1. The SMILES string of the molecule is CCCn1c(CN2CCCCC[C@H]2c2ccncc2)nc2ccccc21. The van der Waals surface area contributed by atoms with Crippen molar-refractivity contribution >= 4 is 11.0 Å². The molecule has 26 heavy (non-hydrogen) atoms. The molecule has 1 aliphatic heterocycles. The summed E-state index contributed by atoms with van der Waals surface area (Å²) >= 11 is 0. The Kier molecular flexibility index (Phi) is 5.30. The maximum Gasteiger partial charge on any atom is 0.124 e. The zero-order chi connectivity index (χ0) is 17.8. The van der Waals surface area contributed by atoms with Crippen LogP contribution < -0.4 is 0 Å². The summed E-state index contributed by atoms with van der Waals surface area (Å²) in [6.07, 6.45) is 10.1. The summed E-state index contributed by atoms with van der Waals surface area (Å²) in [7, 11) is 0. The Balaban J connectivity index is 1.67. The fourth-order valence-corrected chi connectivity index (χ4v) is 4.22. The molecule has 3 heterocycles. The van der Waals surface area contributed by atoms with Gasteiger partial charge >= 0.3 is 0 Å². The van der Waals surface area contributed by atoms with E-state index in [2.05, 4.69) is 57.8 Å². The Bertz CT molecular complexity index is 840. The second kappa shape index (κ2) is 8.00. The van der Waals surface area contributed by atoms with Crippen LogP contribution in [0.2, 0.25) is 0 Å². The van der Waals surface area contributed by atoms with E-state index in [9.17, 15) is 0 Å². The Morgan fingerprint density at radius 3 is 2.73 bits per heavy atom. The second-order valence-corrected chi connectivity index (χ2v) is 7.28. The first-order chi connectivity index (χ1) is 12.9. The van der Waals surface area contributed by atoms with E-state index in [1.54, 1.807) is 0 Å². The first kappa shape index (κ1) is 17.2. The molecule has 0 spiro atoms. The molecule has 4 heteroatoms. The lowest BCUT2D eigenvalue weighted by Crippen LogP contribution is -2.29. The molecule has 0 saturated carbocycles. The Morgan fingerprint density at radius 2 is 1.88 bits per heavy atom. The molecule has 136 valence electrons. The topological polar surface area (TPSA) is 34.0 Å². The van der Waals surface area contributed by atoms with Crippen molar-refractivity contribution in [1.82, 2.24) is 19.4 Å². The maximum absolute atomic E-state index is 4.99. The van der Waals surface area contributed by atoms with Gasteiger partial charge in [0.25, 0.3) is 0 Å². The van der Waals surface area contributed by atoms with Crippen LogP contribution in [-0.4, -0.2) is 26.0 Å². The van der Waals surface area contributed by atoms with Gasteiger partial charge in [-0.25, -0.2) is 4.98 Å². The average Bonchev–Trinajstić information content (AvgIpc) is 2.86. The lowest BCUT2D eigenvalue weighted by molar-refractivity contribution is 0.185. The van der Waals surface area contributed by atoms with Gasteiger partial charge in [0.05, 0.1) is 17.6 Å². The van der Waals surface area contributed by atoms with E-state index < -0.39 is 0 Å². The highest BCUT2D eigenvalue weighted by Gasteiger charge is 2.24.